The summed E-state index contributed by atoms with van der Waals surface area (Å²) >= 11 is 0. The normalized spacial score (nSPS) is 20.3. The summed E-state index contributed by atoms with van der Waals surface area (Å²) in [5, 5.41) is 0. The molecule has 0 bridgehead atoms. The lowest BCUT2D eigenvalue weighted by Crippen LogP contribution is -2.59. The van der Waals surface area contributed by atoms with Crippen molar-refractivity contribution in [1.29, 1.82) is 0 Å². The summed E-state index contributed by atoms with van der Waals surface area (Å²) in [7, 11) is 0. The molecule has 2 saturated heterocycles. The van der Waals surface area contributed by atoms with Gasteiger partial charge in [0.15, 0.2) is 0 Å². The highest BCUT2D eigenvalue weighted by Gasteiger charge is 2.36. The first kappa shape index (κ1) is 18.5. The molecule has 3 amide bonds. The number of amides is 3. The fourth-order valence-electron chi connectivity index (χ4n) is 3.37. The molecule has 0 aliphatic carbocycles. The lowest BCUT2D eigenvalue weighted by molar-refractivity contribution is -0.158. The van der Waals surface area contributed by atoms with Crippen molar-refractivity contribution in [2.24, 2.45) is 0 Å². The molecule has 0 saturated carbocycles. The molecule has 7 heteroatoms. The Hall–Kier alpha value is -2.25. The number of imide groups is 1. The van der Waals surface area contributed by atoms with Crippen LogP contribution in [-0.4, -0.2) is 84.4 Å². The van der Waals surface area contributed by atoms with Crippen LogP contribution in [0, 0.1) is 0 Å². The van der Waals surface area contributed by atoms with Gasteiger partial charge in [-0.1, -0.05) is 30.3 Å². The van der Waals surface area contributed by atoms with Gasteiger partial charge in [-0.25, -0.2) is 0 Å². The smallest absolute Gasteiger partial charge is 0.248 e. The van der Waals surface area contributed by atoms with Gasteiger partial charge in [0.05, 0.1) is 19.3 Å². The van der Waals surface area contributed by atoms with Crippen molar-refractivity contribution < 1.29 is 19.1 Å². The highest BCUT2D eigenvalue weighted by molar-refractivity contribution is 6.03. The summed E-state index contributed by atoms with van der Waals surface area (Å²) in [6.07, 6.45) is 0.621. The average Bonchev–Trinajstić information content (AvgIpc) is 2.67. The van der Waals surface area contributed by atoms with Crippen LogP contribution >= 0.6 is 0 Å². The molecule has 1 aromatic rings. The maximum Gasteiger partial charge on any atom is 0.248 e. The number of morpholine rings is 1. The van der Waals surface area contributed by atoms with Crippen LogP contribution in [0.3, 0.4) is 0 Å². The summed E-state index contributed by atoms with van der Waals surface area (Å²) in [4.78, 5) is 42.2. The molecule has 3 rings (SSSR count). The van der Waals surface area contributed by atoms with Crippen LogP contribution in [0.25, 0.3) is 0 Å². The highest BCUT2D eigenvalue weighted by atomic mass is 16.5. The first-order valence-corrected chi connectivity index (χ1v) is 9.04. The van der Waals surface area contributed by atoms with E-state index in [9.17, 15) is 14.4 Å². The Balaban J connectivity index is 1.56. The number of piperazine rings is 1. The van der Waals surface area contributed by atoms with Crippen LogP contribution in [0.1, 0.15) is 12.5 Å². The summed E-state index contributed by atoms with van der Waals surface area (Å²) in [5.41, 5.74) is 1.08. The van der Waals surface area contributed by atoms with Crippen molar-refractivity contribution in [3.05, 3.63) is 35.9 Å². The van der Waals surface area contributed by atoms with E-state index in [1.807, 2.05) is 42.2 Å². The molecule has 7 nitrogen and oxygen atoms in total. The average molecular weight is 359 g/mol. The molecule has 2 aliphatic rings. The molecule has 26 heavy (non-hydrogen) atoms. The molecule has 0 spiro atoms. The first-order valence-electron chi connectivity index (χ1n) is 9.04. The van der Waals surface area contributed by atoms with E-state index in [2.05, 4.69) is 0 Å². The van der Waals surface area contributed by atoms with Crippen molar-refractivity contribution in [2.75, 3.05) is 45.9 Å². The van der Waals surface area contributed by atoms with Gasteiger partial charge in [0.1, 0.15) is 13.1 Å². The minimum Gasteiger partial charge on any atom is -0.379 e. The minimum atomic E-state index is -0.352. The Kier molecular flexibility index (Phi) is 6.00. The van der Waals surface area contributed by atoms with E-state index >= 15 is 0 Å². The van der Waals surface area contributed by atoms with Crippen LogP contribution in [0.5, 0.6) is 0 Å². The standard InChI is InChI=1S/C19H25N3O4/c1-15(20-9-11-26-12-10-20)19(25)21-13-17(23)22(18(24)14-21)8-7-16-5-3-2-4-6-16/h2-6,15H,7-14H2,1H3. The summed E-state index contributed by atoms with van der Waals surface area (Å²) < 4.78 is 5.31. The van der Waals surface area contributed by atoms with E-state index in [1.165, 1.54) is 9.80 Å². The van der Waals surface area contributed by atoms with Gasteiger partial charge in [0, 0.05) is 19.6 Å². The Morgan fingerprint density at radius 2 is 1.69 bits per heavy atom. The molecular formula is C19H25N3O4. The predicted octanol–water partition coefficient (Wildman–Crippen LogP) is 0.147. The largest absolute Gasteiger partial charge is 0.379 e. The Bertz CT molecular complexity index is 640. The van der Waals surface area contributed by atoms with Crippen molar-refractivity contribution in [2.45, 2.75) is 19.4 Å². The number of hydrogen-bond acceptors (Lipinski definition) is 5. The number of rotatable bonds is 5. The number of benzene rings is 1. The first-order chi connectivity index (χ1) is 12.6. The molecular weight excluding hydrogens is 334 g/mol. The Morgan fingerprint density at radius 3 is 2.31 bits per heavy atom. The molecule has 1 atom stereocenters. The summed E-state index contributed by atoms with van der Waals surface area (Å²) in [5.74, 6) is -0.782. The van der Waals surface area contributed by atoms with Crippen LogP contribution in [0.4, 0.5) is 0 Å². The second-order valence-electron chi connectivity index (χ2n) is 6.69. The van der Waals surface area contributed by atoms with E-state index in [1.54, 1.807) is 0 Å². The fraction of sp³-hybridized carbons (Fsp3) is 0.526. The fourth-order valence-corrected chi connectivity index (χ4v) is 3.37. The molecule has 140 valence electrons. The molecule has 0 radical (unpaired) electrons. The van der Waals surface area contributed by atoms with Crippen LogP contribution in [-0.2, 0) is 25.5 Å². The predicted molar refractivity (Wildman–Crippen MR) is 95.3 cm³/mol. The number of hydrogen-bond donors (Lipinski definition) is 0. The molecule has 2 heterocycles. The molecule has 1 unspecified atom stereocenters. The van der Waals surface area contributed by atoms with E-state index < -0.39 is 0 Å². The number of carbonyl (C=O) groups is 3. The zero-order valence-corrected chi connectivity index (χ0v) is 15.1. The summed E-state index contributed by atoms with van der Waals surface area (Å²) in [6.45, 7) is 4.68. The van der Waals surface area contributed by atoms with Crippen molar-refractivity contribution in [3.63, 3.8) is 0 Å². The van der Waals surface area contributed by atoms with Crippen molar-refractivity contribution in [3.8, 4) is 0 Å². The van der Waals surface area contributed by atoms with Gasteiger partial charge in [-0.15, -0.1) is 0 Å². The molecule has 2 fully saturated rings. The zero-order chi connectivity index (χ0) is 18.5. The van der Waals surface area contributed by atoms with E-state index in [-0.39, 0.29) is 36.9 Å². The third kappa shape index (κ3) is 4.28. The lowest BCUT2D eigenvalue weighted by Gasteiger charge is -2.37. The van der Waals surface area contributed by atoms with E-state index in [0.717, 1.165) is 5.56 Å². The van der Waals surface area contributed by atoms with E-state index in [4.69, 9.17) is 4.74 Å². The van der Waals surface area contributed by atoms with Gasteiger partial charge in [0.2, 0.25) is 17.7 Å². The Morgan fingerprint density at radius 1 is 1.08 bits per heavy atom. The number of ether oxygens (including phenoxy) is 1. The second-order valence-corrected chi connectivity index (χ2v) is 6.69. The van der Waals surface area contributed by atoms with Gasteiger partial charge < -0.3 is 9.64 Å². The van der Waals surface area contributed by atoms with Gasteiger partial charge in [-0.2, -0.15) is 0 Å². The zero-order valence-electron chi connectivity index (χ0n) is 15.1. The monoisotopic (exact) mass is 359 g/mol. The Labute approximate surface area is 153 Å². The second kappa shape index (κ2) is 8.42. The van der Waals surface area contributed by atoms with Gasteiger partial charge in [-0.05, 0) is 18.9 Å². The van der Waals surface area contributed by atoms with Gasteiger partial charge in [-0.3, -0.25) is 24.2 Å². The SMILES string of the molecule is CC(C(=O)N1CC(=O)N(CCc2ccccc2)C(=O)C1)N1CCOCC1. The van der Waals surface area contributed by atoms with Gasteiger partial charge >= 0.3 is 0 Å². The minimum absolute atomic E-state index is 0.0337. The number of nitrogens with zero attached hydrogens (tertiary/aromatic N) is 3. The lowest BCUT2D eigenvalue weighted by atomic mass is 10.1. The summed E-state index contributed by atoms with van der Waals surface area (Å²) in [6, 6.07) is 9.39. The van der Waals surface area contributed by atoms with Crippen LogP contribution in [0.15, 0.2) is 30.3 Å². The highest BCUT2D eigenvalue weighted by Crippen LogP contribution is 2.12. The van der Waals surface area contributed by atoms with Crippen molar-refractivity contribution >= 4 is 17.7 Å². The van der Waals surface area contributed by atoms with Crippen molar-refractivity contribution in [1.82, 2.24) is 14.7 Å². The molecule has 0 aromatic heterocycles. The molecule has 2 aliphatic heterocycles. The van der Waals surface area contributed by atoms with E-state index in [0.29, 0.717) is 39.3 Å². The molecule has 0 N–H and O–H groups in total. The molecule has 1 aromatic carbocycles. The third-order valence-electron chi connectivity index (χ3n) is 4.98. The topological polar surface area (TPSA) is 70.2 Å². The number of carbonyl (C=O) groups excluding carboxylic acids is 3. The van der Waals surface area contributed by atoms with Crippen LogP contribution in [0.2, 0.25) is 0 Å². The quantitative estimate of drug-likeness (QED) is 0.700. The maximum absolute atomic E-state index is 12.7. The maximum atomic E-state index is 12.7. The van der Waals surface area contributed by atoms with Gasteiger partial charge in [0.25, 0.3) is 0 Å². The third-order valence-corrected chi connectivity index (χ3v) is 4.98. The van der Waals surface area contributed by atoms with Crippen LogP contribution < -0.4 is 0 Å².